The van der Waals surface area contributed by atoms with E-state index in [0.717, 1.165) is 23.5 Å². The molecule has 1 aromatic carbocycles. The predicted octanol–water partition coefficient (Wildman–Crippen LogP) is 3.45. The summed E-state index contributed by atoms with van der Waals surface area (Å²) in [5.41, 5.74) is 2.15. The monoisotopic (exact) mass is 277 g/mol. The maximum absolute atomic E-state index is 5.91. The van der Waals surface area contributed by atoms with E-state index in [9.17, 15) is 0 Å². The first-order chi connectivity index (χ1) is 9.33. The Balaban J connectivity index is 1.96. The van der Waals surface area contributed by atoms with Crippen molar-refractivity contribution in [3.63, 3.8) is 0 Å². The van der Waals surface area contributed by atoms with Gasteiger partial charge in [0.15, 0.2) is 0 Å². The molecule has 0 spiro atoms. The summed E-state index contributed by atoms with van der Waals surface area (Å²) in [6.07, 6.45) is 4.41. The summed E-state index contributed by atoms with van der Waals surface area (Å²) in [6, 6.07) is 9.63. The SMILES string of the molecule is COc1ccc(OCCc2ccncc2)c(CCl)c1. The van der Waals surface area contributed by atoms with E-state index in [2.05, 4.69) is 4.98 Å². The Hall–Kier alpha value is -1.74. The zero-order chi connectivity index (χ0) is 13.5. The molecule has 0 radical (unpaired) electrons. The zero-order valence-corrected chi connectivity index (χ0v) is 11.6. The normalized spacial score (nSPS) is 10.2. The second-order valence-electron chi connectivity index (χ2n) is 4.06. The van der Waals surface area contributed by atoms with Gasteiger partial charge in [-0.1, -0.05) is 0 Å². The number of hydrogen-bond acceptors (Lipinski definition) is 3. The fourth-order valence-electron chi connectivity index (χ4n) is 1.76. The summed E-state index contributed by atoms with van der Waals surface area (Å²) in [6.45, 7) is 0.611. The van der Waals surface area contributed by atoms with E-state index in [-0.39, 0.29) is 0 Å². The molecule has 3 nitrogen and oxygen atoms in total. The molecular formula is C15H16ClNO2. The summed E-state index contributed by atoms with van der Waals surface area (Å²) in [7, 11) is 1.64. The Morgan fingerprint density at radius 1 is 1.16 bits per heavy atom. The molecule has 19 heavy (non-hydrogen) atoms. The Morgan fingerprint density at radius 2 is 1.95 bits per heavy atom. The van der Waals surface area contributed by atoms with Crippen LogP contribution in [0.3, 0.4) is 0 Å². The van der Waals surface area contributed by atoms with Gasteiger partial charge < -0.3 is 9.47 Å². The highest BCUT2D eigenvalue weighted by Gasteiger charge is 2.05. The highest BCUT2D eigenvalue weighted by Crippen LogP contribution is 2.25. The van der Waals surface area contributed by atoms with Gasteiger partial charge in [-0.15, -0.1) is 11.6 Å². The number of rotatable bonds is 6. The molecule has 0 saturated heterocycles. The van der Waals surface area contributed by atoms with Crippen LogP contribution >= 0.6 is 11.6 Å². The lowest BCUT2D eigenvalue weighted by molar-refractivity contribution is 0.318. The van der Waals surface area contributed by atoms with Gasteiger partial charge in [0.25, 0.3) is 0 Å². The molecular weight excluding hydrogens is 262 g/mol. The molecule has 4 heteroatoms. The number of hydrogen-bond donors (Lipinski definition) is 0. The number of methoxy groups -OCH3 is 1. The third-order valence-electron chi connectivity index (χ3n) is 2.81. The summed E-state index contributed by atoms with van der Waals surface area (Å²) >= 11 is 5.91. The molecule has 0 saturated carbocycles. The van der Waals surface area contributed by atoms with Gasteiger partial charge in [0.1, 0.15) is 11.5 Å². The fourth-order valence-corrected chi connectivity index (χ4v) is 1.97. The molecule has 1 heterocycles. The van der Waals surface area contributed by atoms with Crippen molar-refractivity contribution >= 4 is 11.6 Å². The molecule has 0 bridgehead atoms. The van der Waals surface area contributed by atoms with Crippen LogP contribution in [0.1, 0.15) is 11.1 Å². The minimum absolute atomic E-state index is 0.405. The van der Waals surface area contributed by atoms with E-state index in [4.69, 9.17) is 21.1 Å². The van der Waals surface area contributed by atoms with Crippen molar-refractivity contribution in [3.05, 3.63) is 53.9 Å². The third kappa shape index (κ3) is 3.86. The van der Waals surface area contributed by atoms with Gasteiger partial charge in [-0.2, -0.15) is 0 Å². The molecule has 0 amide bonds. The van der Waals surface area contributed by atoms with Crippen LogP contribution in [-0.2, 0) is 12.3 Å². The van der Waals surface area contributed by atoms with Crippen LogP contribution in [0.5, 0.6) is 11.5 Å². The number of ether oxygens (including phenoxy) is 2. The zero-order valence-electron chi connectivity index (χ0n) is 10.8. The second kappa shape index (κ2) is 7.00. The Morgan fingerprint density at radius 3 is 2.63 bits per heavy atom. The van der Waals surface area contributed by atoms with E-state index in [0.29, 0.717) is 12.5 Å². The van der Waals surface area contributed by atoms with Crippen LogP contribution in [0.4, 0.5) is 0 Å². The molecule has 0 aliphatic heterocycles. The van der Waals surface area contributed by atoms with Crippen molar-refractivity contribution in [2.24, 2.45) is 0 Å². The maximum Gasteiger partial charge on any atom is 0.123 e. The molecule has 2 rings (SSSR count). The molecule has 0 N–H and O–H groups in total. The minimum atomic E-state index is 0.405. The van der Waals surface area contributed by atoms with Crippen LogP contribution in [0, 0.1) is 0 Å². The van der Waals surface area contributed by atoms with Crippen LogP contribution in [0.2, 0.25) is 0 Å². The van der Waals surface area contributed by atoms with E-state index < -0.39 is 0 Å². The van der Waals surface area contributed by atoms with E-state index in [1.165, 1.54) is 5.56 Å². The van der Waals surface area contributed by atoms with Gasteiger partial charge in [0.05, 0.1) is 19.6 Å². The van der Waals surface area contributed by atoms with Crippen molar-refractivity contribution in [1.29, 1.82) is 0 Å². The van der Waals surface area contributed by atoms with Crippen LogP contribution in [0.25, 0.3) is 0 Å². The van der Waals surface area contributed by atoms with Gasteiger partial charge in [0.2, 0.25) is 0 Å². The quantitative estimate of drug-likeness (QED) is 0.758. The van der Waals surface area contributed by atoms with E-state index >= 15 is 0 Å². The standard InChI is InChI=1S/C15H16ClNO2/c1-18-14-2-3-15(13(10-14)11-16)19-9-6-12-4-7-17-8-5-12/h2-5,7-8,10H,6,9,11H2,1H3. The summed E-state index contributed by atoms with van der Waals surface area (Å²) in [5.74, 6) is 2.00. The lowest BCUT2D eigenvalue weighted by Crippen LogP contribution is -2.03. The number of aromatic nitrogens is 1. The minimum Gasteiger partial charge on any atom is -0.497 e. The highest BCUT2D eigenvalue weighted by molar-refractivity contribution is 6.17. The topological polar surface area (TPSA) is 31.4 Å². The first-order valence-electron chi connectivity index (χ1n) is 6.08. The van der Waals surface area contributed by atoms with Crippen LogP contribution in [0.15, 0.2) is 42.7 Å². The van der Waals surface area contributed by atoms with Crippen LogP contribution in [-0.4, -0.2) is 18.7 Å². The number of nitrogens with zero attached hydrogens (tertiary/aromatic N) is 1. The Bertz CT molecular complexity index is 517. The largest absolute Gasteiger partial charge is 0.497 e. The lowest BCUT2D eigenvalue weighted by Gasteiger charge is -2.11. The second-order valence-corrected chi connectivity index (χ2v) is 4.33. The Labute approximate surface area is 118 Å². The van der Waals surface area contributed by atoms with E-state index in [1.807, 2.05) is 30.3 Å². The predicted molar refractivity (Wildman–Crippen MR) is 76.0 cm³/mol. The summed E-state index contributed by atoms with van der Waals surface area (Å²) in [4.78, 5) is 3.99. The molecule has 0 aliphatic carbocycles. The number of alkyl halides is 1. The molecule has 0 unspecified atom stereocenters. The molecule has 0 fully saturated rings. The molecule has 0 atom stereocenters. The van der Waals surface area contributed by atoms with Gasteiger partial charge in [-0.3, -0.25) is 4.98 Å². The van der Waals surface area contributed by atoms with Gasteiger partial charge in [0, 0.05) is 24.4 Å². The number of pyridine rings is 1. The molecule has 2 aromatic rings. The highest BCUT2D eigenvalue weighted by atomic mass is 35.5. The average Bonchev–Trinajstić information content (AvgIpc) is 2.48. The third-order valence-corrected chi connectivity index (χ3v) is 3.10. The maximum atomic E-state index is 5.91. The number of benzene rings is 1. The van der Waals surface area contributed by atoms with Crippen molar-refractivity contribution in [1.82, 2.24) is 4.98 Å². The summed E-state index contributed by atoms with van der Waals surface area (Å²) < 4.78 is 10.9. The molecule has 1 aromatic heterocycles. The smallest absolute Gasteiger partial charge is 0.123 e. The average molecular weight is 278 g/mol. The van der Waals surface area contributed by atoms with E-state index in [1.54, 1.807) is 19.5 Å². The first-order valence-corrected chi connectivity index (χ1v) is 6.61. The first kappa shape index (κ1) is 13.7. The van der Waals surface area contributed by atoms with Crippen molar-refractivity contribution < 1.29 is 9.47 Å². The molecule has 0 aliphatic rings. The number of halogens is 1. The Kier molecular flexibility index (Phi) is 5.04. The van der Waals surface area contributed by atoms with Gasteiger partial charge in [-0.05, 0) is 35.9 Å². The van der Waals surface area contributed by atoms with Crippen molar-refractivity contribution in [3.8, 4) is 11.5 Å². The van der Waals surface area contributed by atoms with Crippen molar-refractivity contribution in [2.45, 2.75) is 12.3 Å². The fraction of sp³-hybridized carbons (Fsp3) is 0.267. The lowest BCUT2D eigenvalue weighted by atomic mass is 10.2. The summed E-state index contributed by atoms with van der Waals surface area (Å²) in [5, 5.41) is 0. The van der Waals surface area contributed by atoms with Crippen molar-refractivity contribution in [2.75, 3.05) is 13.7 Å². The van der Waals surface area contributed by atoms with Crippen LogP contribution < -0.4 is 9.47 Å². The molecule has 100 valence electrons. The van der Waals surface area contributed by atoms with Gasteiger partial charge >= 0.3 is 0 Å². The van der Waals surface area contributed by atoms with Gasteiger partial charge in [-0.25, -0.2) is 0 Å².